The molecule has 1 aromatic heterocycles. The number of hydrogen-bond donors (Lipinski definition) is 1. The molecule has 0 aromatic carbocycles. The number of cyclic esters (lactones) is 1. The van der Waals surface area contributed by atoms with E-state index in [9.17, 15) is 9.59 Å². The fourth-order valence-corrected chi connectivity index (χ4v) is 15.4. The first-order valence-corrected chi connectivity index (χ1v) is 26.7. The van der Waals surface area contributed by atoms with E-state index < -0.39 is 34.3 Å². The summed E-state index contributed by atoms with van der Waals surface area (Å²) in [4.78, 5) is 33.8. The van der Waals surface area contributed by atoms with Gasteiger partial charge in [0.05, 0.1) is 24.3 Å². The van der Waals surface area contributed by atoms with Gasteiger partial charge in [-0.15, -0.1) is 11.3 Å². The highest BCUT2D eigenvalue weighted by molar-refractivity contribution is 8.00. The van der Waals surface area contributed by atoms with Crippen molar-refractivity contribution < 1.29 is 23.2 Å². The van der Waals surface area contributed by atoms with Crippen LogP contribution in [0.1, 0.15) is 121 Å². The van der Waals surface area contributed by atoms with E-state index >= 15 is 0 Å². The van der Waals surface area contributed by atoms with Gasteiger partial charge in [-0.25, -0.2) is 4.98 Å². The lowest BCUT2D eigenvalue weighted by molar-refractivity contribution is -0.153. The standard InChI is InChI=1S/C39H70N2O5S2Si2/c1-14-49(15-2,16-3)45-33-25-34(42)44-31(28(8)23-30-26-48-37(40-30)47-13)24-32-39(12,41-32)22-20-21-27(7)35(29(9)36(43)38(33,10)11)46-50(17-4,18-5)19-6/h23,26-27,29,31-33,35,41H,14-22,24-25H2,1-13H3/b28-23+/t27-,29+,31-,32-,33?,35?,39+/m0/s1. The van der Waals surface area contributed by atoms with Crippen LogP contribution in [-0.4, -0.2) is 69.5 Å². The zero-order valence-corrected chi connectivity index (χ0v) is 37.3. The first-order chi connectivity index (χ1) is 23.5. The third-order valence-electron chi connectivity index (χ3n) is 12.7. The lowest BCUT2D eigenvalue weighted by Crippen LogP contribution is -2.53. The molecule has 0 bridgehead atoms. The number of rotatable bonds is 13. The van der Waals surface area contributed by atoms with Crippen molar-refractivity contribution in [2.45, 2.75) is 186 Å². The number of carbonyl (C=O) groups is 2. The quantitative estimate of drug-likeness (QED) is 0.0917. The second-order valence-electron chi connectivity index (χ2n) is 16.1. The molecule has 7 atom stereocenters. The van der Waals surface area contributed by atoms with Crippen LogP contribution in [0.2, 0.25) is 36.3 Å². The van der Waals surface area contributed by atoms with Crippen molar-refractivity contribution in [2.24, 2.45) is 17.3 Å². The summed E-state index contributed by atoms with van der Waals surface area (Å²) in [5, 5.41) is 5.82. The number of hydrogen-bond acceptors (Lipinski definition) is 9. The molecule has 0 radical (unpaired) electrons. The third kappa shape index (κ3) is 10.4. The van der Waals surface area contributed by atoms with Crippen LogP contribution in [0.3, 0.4) is 0 Å². The smallest absolute Gasteiger partial charge is 0.309 e. The molecule has 3 heterocycles. The highest BCUT2D eigenvalue weighted by Gasteiger charge is 2.51. The van der Waals surface area contributed by atoms with Crippen LogP contribution < -0.4 is 5.32 Å². The number of carbonyl (C=O) groups excluding carboxylic acids is 2. The van der Waals surface area contributed by atoms with Crippen LogP contribution >= 0.6 is 23.1 Å². The Labute approximate surface area is 315 Å². The number of thiazole rings is 1. The van der Waals surface area contributed by atoms with Crippen molar-refractivity contribution in [2.75, 3.05) is 6.26 Å². The van der Waals surface area contributed by atoms with Crippen LogP contribution in [0.5, 0.6) is 0 Å². The molecule has 3 rings (SSSR count). The maximum absolute atomic E-state index is 14.9. The molecule has 2 unspecified atom stereocenters. The second kappa shape index (κ2) is 18.5. The van der Waals surface area contributed by atoms with Gasteiger partial charge >= 0.3 is 5.97 Å². The number of fused-ring (bicyclic) bond motifs is 1. The number of Topliss-reactive ketones (excluding diaryl/α,β-unsaturated/α-hetero) is 1. The molecule has 0 amide bonds. The summed E-state index contributed by atoms with van der Waals surface area (Å²) in [7, 11) is -4.22. The predicted octanol–water partition coefficient (Wildman–Crippen LogP) is 10.5. The Bertz CT molecular complexity index is 1280. The van der Waals surface area contributed by atoms with E-state index in [0.29, 0.717) is 6.42 Å². The average molecular weight is 767 g/mol. The van der Waals surface area contributed by atoms with Gasteiger partial charge in [0.25, 0.3) is 0 Å². The minimum Gasteiger partial charge on any atom is -0.458 e. The number of nitrogens with zero attached hydrogens (tertiary/aromatic N) is 1. The predicted molar refractivity (Wildman–Crippen MR) is 217 cm³/mol. The zero-order chi connectivity index (χ0) is 37.5. The summed E-state index contributed by atoms with van der Waals surface area (Å²) < 4.78 is 21.9. The van der Waals surface area contributed by atoms with Crippen LogP contribution in [0, 0.1) is 17.3 Å². The zero-order valence-electron chi connectivity index (χ0n) is 33.7. The molecule has 0 aliphatic carbocycles. The largest absolute Gasteiger partial charge is 0.458 e. The molecule has 2 saturated heterocycles. The highest BCUT2D eigenvalue weighted by Crippen LogP contribution is 2.42. The fourth-order valence-electron chi connectivity index (χ4n) is 8.17. The molecule has 2 fully saturated rings. The number of ether oxygens (including phenoxy) is 1. The molecule has 286 valence electrons. The first kappa shape index (κ1) is 43.6. The van der Waals surface area contributed by atoms with Gasteiger partial charge < -0.3 is 18.9 Å². The molecule has 0 saturated carbocycles. The van der Waals surface area contributed by atoms with Crippen molar-refractivity contribution in [3.05, 3.63) is 16.6 Å². The topological polar surface area (TPSA) is 96.7 Å². The minimum atomic E-state index is -2.20. The molecule has 0 spiro atoms. The van der Waals surface area contributed by atoms with E-state index in [1.807, 2.05) is 20.1 Å². The van der Waals surface area contributed by atoms with Gasteiger partial charge in [0, 0.05) is 34.7 Å². The van der Waals surface area contributed by atoms with Gasteiger partial charge in [-0.1, -0.05) is 87.4 Å². The Kier molecular flexibility index (Phi) is 16.1. The summed E-state index contributed by atoms with van der Waals surface area (Å²) in [6.07, 6.45) is 6.78. The van der Waals surface area contributed by atoms with E-state index in [4.69, 9.17) is 18.6 Å². The lowest BCUT2D eigenvalue weighted by atomic mass is 9.73. The Morgan fingerprint density at radius 1 is 1.02 bits per heavy atom. The molecule has 1 aromatic rings. The fraction of sp³-hybridized carbons (Fsp3) is 0.821. The Morgan fingerprint density at radius 2 is 1.60 bits per heavy atom. The van der Waals surface area contributed by atoms with Crippen molar-refractivity contribution in [1.82, 2.24) is 10.3 Å². The molecular weight excluding hydrogens is 697 g/mol. The molecule has 50 heavy (non-hydrogen) atoms. The van der Waals surface area contributed by atoms with Gasteiger partial charge in [-0.3, -0.25) is 9.59 Å². The maximum atomic E-state index is 14.9. The van der Waals surface area contributed by atoms with Gasteiger partial charge in [0.1, 0.15) is 16.2 Å². The number of thioether (sulfide) groups is 1. The minimum absolute atomic E-state index is 0.0108. The van der Waals surface area contributed by atoms with E-state index in [0.717, 1.165) is 71.1 Å². The van der Waals surface area contributed by atoms with Crippen molar-refractivity contribution in [1.29, 1.82) is 0 Å². The number of aromatic nitrogens is 1. The molecule has 2 aliphatic rings. The molecular formula is C39H70N2O5S2Si2. The van der Waals surface area contributed by atoms with E-state index in [1.54, 1.807) is 23.1 Å². The monoisotopic (exact) mass is 766 g/mol. The summed E-state index contributed by atoms with van der Waals surface area (Å²) in [6, 6.07) is 6.20. The van der Waals surface area contributed by atoms with Crippen LogP contribution in [0.4, 0.5) is 0 Å². The summed E-state index contributed by atoms with van der Waals surface area (Å²) in [5.74, 6) is -0.261. The summed E-state index contributed by atoms with van der Waals surface area (Å²) in [6.45, 7) is 26.1. The first-order valence-electron chi connectivity index (χ1n) is 19.6. The lowest BCUT2D eigenvalue weighted by Gasteiger charge is -2.44. The molecule has 7 nitrogen and oxygen atoms in total. The summed E-state index contributed by atoms with van der Waals surface area (Å²) >= 11 is 3.26. The van der Waals surface area contributed by atoms with Crippen molar-refractivity contribution >= 4 is 57.6 Å². The Morgan fingerprint density at radius 3 is 2.14 bits per heavy atom. The van der Waals surface area contributed by atoms with Gasteiger partial charge in [0.15, 0.2) is 16.6 Å². The number of nitrogens with one attached hydrogen (secondary N) is 1. The van der Waals surface area contributed by atoms with Crippen molar-refractivity contribution in [3.8, 4) is 0 Å². The van der Waals surface area contributed by atoms with Crippen LogP contribution in [0.25, 0.3) is 6.08 Å². The molecule has 2 aliphatic heterocycles. The van der Waals surface area contributed by atoms with E-state index in [2.05, 4.69) is 86.0 Å². The third-order valence-corrected chi connectivity index (χ3v) is 23.9. The number of esters is 1. The van der Waals surface area contributed by atoms with Gasteiger partial charge in [0.2, 0.25) is 0 Å². The second-order valence-corrected chi connectivity index (χ2v) is 27.4. The van der Waals surface area contributed by atoms with Gasteiger partial charge in [-0.2, -0.15) is 0 Å². The van der Waals surface area contributed by atoms with E-state index in [-0.39, 0.29) is 47.7 Å². The molecule has 1 N–H and O–H groups in total. The van der Waals surface area contributed by atoms with Crippen molar-refractivity contribution in [3.63, 3.8) is 0 Å². The number of ketones is 1. The van der Waals surface area contributed by atoms with Crippen LogP contribution in [0.15, 0.2) is 15.3 Å². The molecule has 11 heteroatoms. The Hall–Kier alpha value is -0.826. The maximum Gasteiger partial charge on any atom is 0.309 e. The van der Waals surface area contributed by atoms with Gasteiger partial charge in [-0.05, 0) is 86.8 Å². The average Bonchev–Trinajstić information content (AvgIpc) is 3.50. The van der Waals surface area contributed by atoms with E-state index in [1.165, 1.54) is 0 Å². The Balaban J connectivity index is 2.08. The summed E-state index contributed by atoms with van der Waals surface area (Å²) in [5.41, 5.74) is 0.960. The van der Waals surface area contributed by atoms with Crippen LogP contribution in [-0.2, 0) is 23.2 Å². The highest BCUT2D eigenvalue weighted by atomic mass is 32.2. The normalized spacial score (nSPS) is 30.5. The SMILES string of the molecule is CC[Si](CC)(CC)OC1[C@@H](C)CCC[C@@]2(C)N[C@H]2C[C@@H](/C(C)=C/c2csc(SC)n2)OC(=O)CC(O[Si](CC)(CC)CC)C(C)(C)C(=O)[C@@H]1C.